The van der Waals surface area contributed by atoms with E-state index in [1.807, 2.05) is 0 Å². The van der Waals surface area contributed by atoms with Crippen LogP contribution in [0.5, 0.6) is 0 Å². The number of thiol groups is 1. The highest BCUT2D eigenvalue weighted by Crippen LogP contribution is 2.21. The van der Waals surface area contributed by atoms with Gasteiger partial charge in [0.1, 0.15) is 0 Å². The topological polar surface area (TPSA) is 6.48 Å². The van der Waals surface area contributed by atoms with E-state index in [0.717, 1.165) is 5.92 Å². The molecule has 2 rings (SSSR count). The zero-order chi connectivity index (χ0) is 10.7. The first-order valence-corrected chi connectivity index (χ1v) is 6.92. The first-order chi connectivity index (χ1) is 7.28. The second-order valence-electron chi connectivity index (χ2n) is 5.08. The van der Waals surface area contributed by atoms with Gasteiger partial charge < -0.3 is 9.80 Å². The van der Waals surface area contributed by atoms with Crippen LogP contribution in [0.2, 0.25) is 0 Å². The van der Waals surface area contributed by atoms with E-state index in [9.17, 15) is 0 Å². The Morgan fingerprint density at radius 1 is 1.07 bits per heavy atom. The Balaban J connectivity index is 1.68. The average molecular weight is 228 g/mol. The van der Waals surface area contributed by atoms with E-state index in [-0.39, 0.29) is 0 Å². The van der Waals surface area contributed by atoms with E-state index in [2.05, 4.69) is 29.4 Å². The zero-order valence-corrected chi connectivity index (χ0v) is 10.8. The molecule has 0 aromatic carbocycles. The monoisotopic (exact) mass is 228 g/mol. The molecular weight excluding hydrogens is 204 g/mol. The van der Waals surface area contributed by atoms with Crippen LogP contribution in [0.25, 0.3) is 0 Å². The third kappa shape index (κ3) is 3.36. The van der Waals surface area contributed by atoms with Gasteiger partial charge >= 0.3 is 0 Å². The molecule has 0 N–H and O–H groups in total. The standard InChI is InChI=1S/C12H24N2S/c1-2-13-6-3-11(4-7-13)9-14-8-5-12(15)10-14/h11-12,15H,2-10H2,1H3. The van der Waals surface area contributed by atoms with E-state index >= 15 is 0 Å². The molecule has 2 aliphatic heterocycles. The van der Waals surface area contributed by atoms with E-state index in [0.29, 0.717) is 5.25 Å². The van der Waals surface area contributed by atoms with Crippen molar-refractivity contribution in [3.05, 3.63) is 0 Å². The molecule has 0 saturated carbocycles. The van der Waals surface area contributed by atoms with E-state index in [1.54, 1.807) is 0 Å². The summed E-state index contributed by atoms with van der Waals surface area (Å²) in [6.07, 6.45) is 4.10. The minimum Gasteiger partial charge on any atom is -0.304 e. The van der Waals surface area contributed by atoms with Crippen molar-refractivity contribution in [3.8, 4) is 0 Å². The number of hydrogen-bond donors (Lipinski definition) is 1. The molecule has 0 aromatic heterocycles. The normalized spacial score (nSPS) is 31.2. The van der Waals surface area contributed by atoms with Gasteiger partial charge in [-0.15, -0.1) is 0 Å². The lowest BCUT2D eigenvalue weighted by Gasteiger charge is -2.33. The van der Waals surface area contributed by atoms with Crippen LogP contribution in [0, 0.1) is 5.92 Å². The summed E-state index contributed by atoms with van der Waals surface area (Å²) in [6, 6.07) is 0. The third-order valence-electron chi connectivity index (χ3n) is 3.92. The molecule has 0 amide bonds. The predicted octanol–water partition coefficient (Wildman–Crippen LogP) is 1.72. The summed E-state index contributed by atoms with van der Waals surface area (Å²) in [5, 5.41) is 0.640. The minimum atomic E-state index is 0.640. The van der Waals surface area contributed by atoms with Gasteiger partial charge in [0.05, 0.1) is 0 Å². The molecule has 0 spiro atoms. The van der Waals surface area contributed by atoms with Gasteiger partial charge in [0.15, 0.2) is 0 Å². The lowest BCUT2D eigenvalue weighted by molar-refractivity contribution is 0.159. The van der Waals surface area contributed by atoms with Gasteiger partial charge in [-0.3, -0.25) is 0 Å². The summed E-state index contributed by atoms with van der Waals surface area (Å²) in [7, 11) is 0. The Morgan fingerprint density at radius 3 is 2.27 bits per heavy atom. The number of piperidine rings is 1. The van der Waals surface area contributed by atoms with Crippen LogP contribution in [0.15, 0.2) is 0 Å². The minimum absolute atomic E-state index is 0.640. The number of nitrogens with zero attached hydrogens (tertiary/aromatic N) is 2. The Bertz CT molecular complexity index is 190. The molecule has 0 radical (unpaired) electrons. The molecule has 0 bridgehead atoms. The smallest absolute Gasteiger partial charge is 0.0156 e. The van der Waals surface area contributed by atoms with Crippen molar-refractivity contribution in [2.24, 2.45) is 5.92 Å². The molecule has 1 atom stereocenters. The van der Waals surface area contributed by atoms with E-state index in [4.69, 9.17) is 0 Å². The number of likely N-dealkylation sites (tertiary alicyclic amines) is 2. The predicted molar refractivity (Wildman–Crippen MR) is 68.7 cm³/mol. The molecule has 2 saturated heterocycles. The maximum absolute atomic E-state index is 4.55. The summed E-state index contributed by atoms with van der Waals surface area (Å²) in [5.41, 5.74) is 0. The average Bonchev–Trinajstić information content (AvgIpc) is 2.65. The van der Waals surface area contributed by atoms with Crippen LogP contribution < -0.4 is 0 Å². The molecule has 88 valence electrons. The van der Waals surface area contributed by atoms with Crippen molar-refractivity contribution >= 4 is 12.6 Å². The van der Waals surface area contributed by atoms with E-state index in [1.165, 1.54) is 58.5 Å². The fraction of sp³-hybridized carbons (Fsp3) is 1.00. The van der Waals surface area contributed by atoms with Gasteiger partial charge in [-0.2, -0.15) is 12.6 Å². The molecule has 1 unspecified atom stereocenters. The first kappa shape index (κ1) is 11.7. The van der Waals surface area contributed by atoms with Crippen molar-refractivity contribution in [2.45, 2.75) is 31.4 Å². The van der Waals surface area contributed by atoms with Crippen LogP contribution in [-0.2, 0) is 0 Å². The zero-order valence-electron chi connectivity index (χ0n) is 9.86. The number of hydrogen-bond acceptors (Lipinski definition) is 3. The third-order valence-corrected chi connectivity index (χ3v) is 4.34. The maximum Gasteiger partial charge on any atom is 0.0156 e. The van der Waals surface area contributed by atoms with Crippen LogP contribution in [0.4, 0.5) is 0 Å². The van der Waals surface area contributed by atoms with Crippen molar-refractivity contribution in [3.63, 3.8) is 0 Å². The van der Waals surface area contributed by atoms with Crippen molar-refractivity contribution in [1.29, 1.82) is 0 Å². The van der Waals surface area contributed by atoms with Crippen LogP contribution >= 0.6 is 12.6 Å². The Morgan fingerprint density at radius 2 is 1.73 bits per heavy atom. The number of rotatable bonds is 3. The highest BCUT2D eigenvalue weighted by molar-refractivity contribution is 7.81. The van der Waals surface area contributed by atoms with Gasteiger partial charge in [0, 0.05) is 18.3 Å². The molecule has 2 aliphatic rings. The second kappa shape index (κ2) is 5.55. The van der Waals surface area contributed by atoms with Crippen molar-refractivity contribution in [2.75, 3.05) is 39.3 Å². The Kier molecular flexibility index (Phi) is 4.35. The largest absolute Gasteiger partial charge is 0.304 e. The molecule has 0 aromatic rings. The molecule has 2 nitrogen and oxygen atoms in total. The lowest BCUT2D eigenvalue weighted by Crippen LogP contribution is -2.38. The first-order valence-electron chi connectivity index (χ1n) is 6.40. The van der Waals surface area contributed by atoms with E-state index < -0.39 is 0 Å². The molecule has 2 heterocycles. The molecule has 15 heavy (non-hydrogen) atoms. The highest BCUT2D eigenvalue weighted by atomic mass is 32.1. The van der Waals surface area contributed by atoms with Gasteiger partial charge in [-0.1, -0.05) is 6.92 Å². The summed E-state index contributed by atoms with van der Waals surface area (Å²) in [4.78, 5) is 5.19. The molecule has 0 aliphatic carbocycles. The fourth-order valence-electron chi connectivity index (χ4n) is 2.83. The summed E-state index contributed by atoms with van der Waals surface area (Å²) >= 11 is 4.55. The van der Waals surface area contributed by atoms with Gasteiger partial charge in [0.2, 0.25) is 0 Å². The van der Waals surface area contributed by atoms with Gasteiger partial charge in [0.25, 0.3) is 0 Å². The van der Waals surface area contributed by atoms with Crippen molar-refractivity contribution < 1.29 is 0 Å². The maximum atomic E-state index is 4.55. The van der Waals surface area contributed by atoms with Crippen LogP contribution in [-0.4, -0.2) is 54.3 Å². The highest BCUT2D eigenvalue weighted by Gasteiger charge is 2.24. The Hall–Kier alpha value is 0.270. The lowest BCUT2D eigenvalue weighted by atomic mass is 9.96. The quantitative estimate of drug-likeness (QED) is 0.735. The molecule has 3 heteroatoms. The second-order valence-corrected chi connectivity index (χ2v) is 5.81. The SMILES string of the molecule is CCN1CCC(CN2CCC(S)C2)CC1. The summed E-state index contributed by atoms with van der Waals surface area (Å²) in [5.74, 6) is 0.950. The fourth-order valence-corrected chi connectivity index (χ4v) is 3.17. The van der Waals surface area contributed by atoms with Crippen LogP contribution in [0.3, 0.4) is 0 Å². The molecular formula is C12H24N2S. The Labute approximate surface area is 99.4 Å². The summed E-state index contributed by atoms with van der Waals surface area (Å²) < 4.78 is 0. The van der Waals surface area contributed by atoms with Crippen molar-refractivity contribution in [1.82, 2.24) is 9.80 Å². The summed E-state index contributed by atoms with van der Waals surface area (Å²) in [6.45, 7) is 9.97. The van der Waals surface area contributed by atoms with Crippen LogP contribution in [0.1, 0.15) is 26.2 Å². The van der Waals surface area contributed by atoms with Gasteiger partial charge in [-0.25, -0.2) is 0 Å². The van der Waals surface area contributed by atoms with Gasteiger partial charge in [-0.05, 0) is 51.4 Å². The molecule has 2 fully saturated rings.